The van der Waals surface area contributed by atoms with Crippen LogP contribution in [0, 0.1) is 0 Å². The lowest BCUT2D eigenvalue weighted by atomic mass is 10.1. The van der Waals surface area contributed by atoms with Gasteiger partial charge in [0.25, 0.3) is 0 Å². The summed E-state index contributed by atoms with van der Waals surface area (Å²) in [5, 5.41) is 0. The monoisotopic (exact) mass is 279 g/mol. The predicted octanol–water partition coefficient (Wildman–Crippen LogP) is 3.07. The van der Waals surface area contributed by atoms with Crippen LogP contribution in [0.15, 0.2) is 36.7 Å². The van der Waals surface area contributed by atoms with Gasteiger partial charge in [-0.15, -0.1) is 0 Å². The fourth-order valence-corrected chi connectivity index (χ4v) is 2.39. The molecule has 20 heavy (non-hydrogen) atoms. The van der Waals surface area contributed by atoms with Crippen LogP contribution in [0.2, 0.25) is 0 Å². The Balaban J connectivity index is 1.92. The lowest BCUT2D eigenvalue weighted by Gasteiger charge is -2.36. The van der Waals surface area contributed by atoms with Crippen molar-refractivity contribution in [2.75, 3.05) is 11.5 Å². The molecule has 1 atom stereocenters. The Morgan fingerprint density at radius 1 is 1.40 bits per heavy atom. The number of benzene rings is 1. The van der Waals surface area contributed by atoms with E-state index in [2.05, 4.69) is 4.98 Å². The van der Waals surface area contributed by atoms with Gasteiger partial charge in [0.1, 0.15) is 18.2 Å². The summed E-state index contributed by atoms with van der Waals surface area (Å²) in [7, 11) is 0. The first-order chi connectivity index (χ1) is 9.66. The van der Waals surface area contributed by atoms with Crippen molar-refractivity contribution in [3.8, 4) is 5.75 Å². The molecule has 0 saturated carbocycles. The minimum absolute atomic E-state index is 0.104. The largest absolute Gasteiger partial charge is 0.489 e. The van der Waals surface area contributed by atoms with E-state index in [1.807, 2.05) is 36.1 Å². The second-order valence-corrected chi connectivity index (χ2v) is 4.78. The lowest BCUT2D eigenvalue weighted by Crippen LogP contribution is -2.41. The molecule has 0 N–H and O–H groups in total. The molecule has 1 aromatic heterocycles. The third-order valence-corrected chi connectivity index (χ3v) is 3.46. The summed E-state index contributed by atoms with van der Waals surface area (Å²) < 4.78 is 32.3. The summed E-state index contributed by atoms with van der Waals surface area (Å²) >= 11 is 0. The van der Waals surface area contributed by atoms with Gasteiger partial charge in [0.15, 0.2) is 0 Å². The Labute approximate surface area is 115 Å². The van der Waals surface area contributed by atoms with Crippen LogP contribution in [0.25, 0.3) is 0 Å². The van der Waals surface area contributed by atoms with Gasteiger partial charge in [-0.25, -0.2) is 4.98 Å². The molecular weight excluding hydrogens is 264 g/mol. The van der Waals surface area contributed by atoms with Gasteiger partial charge in [-0.05, 0) is 19.1 Å². The van der Waals surface area contributed by atoms with Crippen LogP contribution in [0.3, 0.4) is 0 Å². The highest BCUT2D eigenvalue weighted by molar-refractivity contribution is 5.60. The molecular formula is C14H15F2N3O. The van der Waals surface area contributed by atoms with E-state index in [9.17, 15) is 8.78 Å². The number of imidazole rings is 1. The quantitative estimate of drug-likeness (QED) is 0.865. The van der Waals surface area contributed by atoms with Crippen LogP contribution < -0.4 is 9.64 Å². The number of hydrogen-bond acceptors (Lipinski definition) is 3. The first kappa shape index (κ1) is 12.9. The molecule has 1 aliphatic heterocycles. The van der Waals surface area contributed by atoms with Gasteiger partial charge in [0.05, 0.1) is 18.3 Å². The zero-order chi connectivity index (χ0) is 14.1. The highest BCUT2D eigenvalue weighted by Gasteiger charge is 2.26. The molecule has 0 radical (unpaired) electrons. The SMILES string of the molecule is CC1COc2ccccc2N1Cc1nccn1C(F)F. The first-order valence-electron chi connectivity index (χ1n) is 6.45. The van der Waals surface area contributed by atoms with Crippen LogP contribution in [0.5, 0.6) is 5.75 Å². The molecule has 0 spiro atoms. The minimum Gasteiger partial charge on any atom is -0.489 e. The van der Waals surface area contributed by atoms with E-state index < -0.39 is 6.55 Å². The van der Waals surface area contributed by atoms with E-state index in [0.29, 0.717) is 19.0 Å². The van der Waals surface area contributed by atoms with Crippen molar-refractivity contribution >= 4 is 5.69 Å². The number of aromatic nitrogens is 2. The van der Waals surface area contributed by atoms with Crippen LogP contribution in [0.4, 0.5) is 14.5 Å². The molecule has 1 aromatic carbocycles. The first-order valence-corrected chi connectivity index (χ1v) is 6.45. The molecule has 2 aromatic rings. The Hall–Kier alpha value is -2.11. The number of alkyl halides is 2. The lowest BCUT2D eigenvalue weighted by molar-refractivity contribution is 0.0668. The molecule has 106 valence electrons. The highest BCUT2D eigenvalue weighted by Crippen LogP contribution is 2.34. The number of para-hydroxylation sites is 2. The Morgan fingerprint density at radius 2 is 2.20 bits per heavy atom. The van der Waals surface area contributed by atoms with Crippen molar-refractivity contribution in [1.82, 2.24) is 9.55 Å². The van der Waals surface area contributed by atoms with Gasteiger partial charge in [-0.2, -0.15) is 8.78 Å². The standard InChI is InChI=1S/C14H15F2N3O/c1-10-9-20-12-5-3-2-4-11(12)19(10)8-13-17-6-7-18(13)14(15)16/h2-7,10,14H,8-9H2,1H3. The van der Waals surface area contributed by atoms with Crippen LogP contribution >= 0.6 is 0 Å². The average molecular weight is 279 g/mol. The predicted molar refractivity (Wildman–Crippen MR) is 71.1 cm³/mol. The molecule has 0 bridgehead atoms. The molecule has 1 unspecified atom stereocenters. The summed E-state index contributed by atoms with van der Waals surface area (Å²) in [5.41, 5.74) is 0.912. The van der Waals surface area contributed by atoms with Gasteiger partial charge in [0, 0.05) is 12.4 Å². The molecule has 0 saturated heterocycles. The fourth-order valence-electron chi connectivity index (χ4n) is 2.39. The van der Waals surface area contributed by atoms with E-state index in [4.69, 9.17) is 4.74 Å². The maximum atomic E-state index is 12.9. The summed E-state index contributed by atoms with van der Waals surface area (Å²) in [6.45, 7) is 0.302. The van der Waals surface area contributed by atoms with Crippen molar-refractivity contribution in [2.24, 2.45) is 0 Å². The van der Waals surface area contributed by atoms with Gasteiger partial charge in [-0.1, -0.05) is 12.1 Å². The van der Waals surface area contributed by atoms with Crippen LogP contribution in [0.1, 0.15) is 19.3 Å². The van der Waals surface area contributed by atoms with Gasteiger partial charge >= 0.3 is 6.55 Å². The number of anilines is 1. The summed E-state index contributed by atoms with van der Waals surface area (Å²) in [4.78, 5) is 6.08. The zero-order valence-electron chi connectivity index (χ0n) is 11.0. The number of fused-ring (bicyclic) bond motifs is 1. The van der Waals surface area contributed by atoms with Crippen LogP contribution in [-0.4, -0.2) is 22.2 Å². The number of ether oxygens (including phenoxy) is 1. The van der Waals surface area contributed by atoms with Crippen molar-refractivity contribution in [2.45, 2.75) is 26.1 Å². The van der Waals surface area contributed by atoms with Crippen molar-refractivity contribution < 1.29 is 13.5 Å². The number of rotatable bonds is 3. The smallest absolute Gasteiger partial charge is 0.319 e. The average Bonchev–Trinajstić information content (AvgIpc) is 2.90. The molecule has 0 fully saturated rings. The Kier molecular flexibility index (Phi) is 3.30. The molecule has 3 rings (SSSR count). The van der Waals surface area contributed by atoms with E-state index in [1.54, 1.807) is 0 Å². The zero-order valence-corrected chi connectivity index (χ0v) is 11.0. The van der Waals surface area contributed by atoms with E-state index >= 15 is 0 Å². The third kappa shape index (κ3) is 2.21. The van der Waals surface area contributed by atoms with E-state index in [0.717, 1.165) is 16.0 Å². The minimum atomic E-state index is -2.57. The summed E-state index contributed by atoms with van der Waals surface area (Å²) in [6.07, 6.45) is 2.70. The molecule has 0 aliphatic carbocycles. The van der Waals surface area contributed by atoms with Gasteiger partial charge < -0.3 is 9.64 Å². The van der Waals surface area contributed by atoms with Gasteiger partial charge in [-0.3, -0.25) is 4.57 Å². The van der Waals surface area contributed by atoms with Crippen molar-refractivity contribution in [3.05, 3.63) is 42.5 Å². The van der Waals surface area contributed by atoms with Crippen molar-refractivity contribution in [3.63, 3.8) is 0 Å². The summed E-state index contributed by atoms with van der Waals surface area (Å²) in [6, 6.07) is 7.72. The number of hydrogen-bond donors (Lipinski definition) is 0. The maximum absolute atomic E-state index is 12.9. The molecule has 0 amide bonds. The Bertz CT molecular complexity index is 600. The molecule has 2 heterocycles. The number of nitrogens with zero attached hydrogens (tertiary/aromatic N) is 3. The van der Waals surface area contributed by atoms with E-state index in [1.165, 1.54) is 12.4 Å². The third-order valence-electron chi connectivity index (χ3n) is 3.46. The molecule has 4 nitrogen and oxygen atoms in total. The highest BCUT2D eigenvalue weighted by atomic mass is 19.3. The van der Waals surface area contributed by atoms with Crippen molar-refractivity contribution in [1.29, 1.82) is 0 Å². The summed E-state index contributed by atoms with van der Waals surface area (Å²) in [5.74, 6) is 1.13. The fraction of sp³-hybridized carbons (Fsp3) is 0.357. The molecule has 1 aliphatic rings. The molecule has 6 heteroatoms. The topological polar surface area (TPSA) is 30.3 Å². The van der Waals surface area contributed by atoms with Gasteiger partial charge in [0.2, 0.25) is 0 Å². The van der Waals surface area contributed by atoms with Crippen LogP contribution in [-0.2, 0) is 6.54 Å². The maximum Gasteiger partial charge on any atom is 0.319 e. The van der Waals surface area contributed by atoms with E-state index in [-0.39, 0.29) is 6.04 Å². The normalized spacial score (nSPS) is 18.0. The number of halogens is 2. The second-order valence-electron chi connectivity index (χ2n) is 4.78. The second kappa shape index (κ2) is 5.11. The Morgan fingerprint density at radius 3 is 3.00 bits per heavy atom.